The van der Waals surface area contributed by atoms with Gasteiger partial charge in [0, 0.05) is 18.3 Å². The number of aromatic hydroxyl groups is 1. The Morgan fingerprint density at radius 1 is 1.08 bits per heavy atom. The second-order valence-corrected chi connectivity index (χ2v) is 6.53. The van der Waals surface area contributed by atoms with Crippen LogP contribution in [-0.2, 0) is 11.3 Å². The van der Waals surface area contributed by atoms with Crippen molar-refractivity contribution in [2.24, 2.45) is 0 Å². The minimum Gasteiger partial charge on any atom is -0.507 e. The van der Waals surface area contributed by atoms with Crippen molar-refractivity contribution >= 4 is 17.7 Å². The minimum atomic E-state index is -0.631. The highest BCUT2D eigenvalue weighted by atomic mass is 16.6. The second kappa shape index (κ2) is 7.70. The maximum absolute atomic E-state index is 12.2. The van der Waals surface area contributed by atoms with Crippen molar-refractivity contribution in [1.82, 2.24) is 5.32 Å². The van der Waals surface area contributed by atoms with E-state index in [1.54, 1.807) is 20.8 Å². The number of hydrogen-bond donors (Lipinski definition) is 3. The molecule has 6 heteroatoms. The largest absolute Gasteiger partial charge is 0.507 e. The van der Waals surface area contributed by atoms with Crippen LogP contribution in [0, 0.1) is 0 Å². The quantitative estimate of drug-likeness (QED) is 0.791. The van der Waals surface area contributed by atoms with E-state index >= 15 is 0 Å². The lowest BCUT2D eigenvalue weighted by molar-refractivity contribution is 0.0636. The fraction of sp³-hybridized carbons (Fsp3) is 0.263. The van der Waals surface area contributed by atoms with Crippen LogP contribution in [0.1, 0.15) is 36.7 Å². The molecule has 2 amide bonds. The molecule has 0 spiro atoms. The summed E-state index contributed by atoms with van der Waals surface area (Å²) in [5.74, 6) is -0.621. The Labute approximate surface area is 146 Å². The van der Waals surface area contributed by atoms with E-state index in [-0.39, 0.29) is 11.3 Å². The Morgan fingerprint density at radius 2 is 1.76 bits per heavy atom. The lowest BCUT2D eigenvalue weighted by Crippen LogP contribution is -2.27. The second-order valence-electron chi connectivity index (χ2n) is 6.53. The van der Waals surface area contributed by atoms with Crippen molar-refractivity contribution in [3.05, 3.63) is 59.7 Å². The number of rotatable bonds is 4. The van der Waals surface area contributed by atoms with Crippen molar-refractivity contribution in [1.29, 1.82) is 0 Å². The highest BCUT2D eigenvalue weighted by molar-refractivity contribution is 5.97. The molecule has 0 heterocycles. The monoisotopic (exact) mass is 342 g/mol. The molecule has 0 aliphatic carbocycles. The van der Waals surface area contributed by atoms with E-state index < -0.39 is 17.6 Å². The van der Waals surface area contributed by atoms with Gasteiger partial charge in [-0.2, -0.15) is 0 Å². The maximum Gasteiger partial charge on any atom is 0.412 e. The minimum absolute atomic E-state index is 0.130. The standard InChI is InChI=1S/C19H22N2O4/c1-19(2,3)25-18(24)21-14-9-10-15(16(22)11-14)17(23)20-12-13-7-5-4-6-8-13/h4-11,22H,12H2,1-3H3,(H,20,23)(H,21,24). The molecule has 132 valence electrons. The number of phenolic OH excluding ortho intramolecular Hbond substituents is 1. The summed E-state index contributed by atoms with van der Waals surface area (Å²) in [5.41, 5.74) is 0.805. The van der Waals surface area contributed by atoms with Gasteiger partial charge in [-0.1, -0.05) is 30.3 Å². The third-order valence-corrected chi connectivity index (χ3v) is 3.18. The summed E-state index contributed by atoms with van der Waals surface area (Å²) in [5, 5.41) is 15.3. The van der Waals surface area contributed by atoms with Gasteiger partial charge in [-0.05, 0) is 38.5 Å². The molecule has 0 saturated heterocycles. The Hall–Kier alpha value is -3.02. The maximum atomic E-state index is 12.2. The third-order valence-electron chi connectivity index (χ3n) is 3.18. The molecule has 0 fully saturated rings. The Bertz CT molecular complexity index is 752. The lowest BCUT2D eigenvalue weighted by Gasteiger charge is -2.19. The Balaban J connectivity index is 1.98. The molecule has 6 nitrogen and oxygen atoms in total. The molecule has 2 rings (SSSR count). The molecular weight excluding hydrogens is 320 g/mol. The SMILES string of the molecule is CC(C)(C)OC(=O)Nc1ccc(C(=O)NCc2ccccc2)c(O)c1. The summed E-state index contributed by atoms with van der Waals surface area (Å²) in [7, 11) is 0. The van der Waals surface area contributed by atoms with Crippen LogP contribution in [0.25, 0.3) is 0 Å². The Kier molecular flexibility index (Phi) is 5.64. The van der Waals surface area contributed by atoms with Crippen molar-refractivity contribution in [3.8, 4) is 5.75 Å². The van der Waals surface area contributed by atoms with E-state index in [1.165, 1.54) is 18.2 Å². The van der Waals surface area contributed by atoms with E-state index in [1.807, 2.05) is 30.3 Å². The normalized spacial score (nSPS) is 10.8. The molecule has 0 atom stereocenters. The first-order chi connectivity index (χ1) is 11.7. The number of anilines is 1. The van der Waals surface area contributed by atoms with Crippen LogP contribution in [0.4, 0.5) is 10.5 Å². The number of nitrogens with one attached hydrogen (secondary N) is 2. The van der Waals surface area contributed by atoms with Crippen LogP contribution in [0.2, 0.25) is 0 Å². The molecular formula is C19H22N2O4. The molecule has 0 bridgehead atoms. The zero-order chi connectivity index (χ0) is 18.4. The molecule has 3 N–H and O–H groups in total. The van der Waals surface area contributed by atoms with E-state index in [0.717, 1.165) is 5.56 Å². The predicted octanol–water partition coefficient (Wildman–Crippen LogP) is 3.67. The van der Waals surface area contributed by atoms with E-state index in [9.17, 15) is 14.7 Å². The highest BCUT2D eigenvalue weighted by Gasteiger charge is 2.17. The summed E-state index contributed by atoms with van der Waals surface area (Å²) in [6.07, 6.45) is -0.631. The van der Waals surface area contributed by atoms with E-state index in [2.05, 4.69) is 10.6 Å². The molecule has 0 aromatic heterocycles. The summed E-state index contributed by atoms with van der Waals surface area (Å²) >= 11 is 0. The van der Waals surface area contributed by atoms with Crippen molar-refractivity contribution in [3.63, 3.8) is 0 Å². The van der Waals surface area contributed by atoms with Gasteiger partial charge >= 0.3 is 6.09 Å². The molecule has 2 aromatic rings. The number of ether oxygens (including phenoxy) is 1. The van der Waals surface area contributed by atoms with Crippen molar-refractivity contribution < 1.29 is 19.4 Å². The first-order valence-corrected chi connectivity index (χ1v) is 7.90. The zero-order valence-electron chi connectivity index (χ0n) is 14.5. The van der Waals surface area contributed by atoms with Gasteiger partial charge in [0.15, 0.2) is 0 Å². The average Bonchev–Trinajstić information content (AvgIpc) is 2.52. The lowest BCUT2D eigenvalue weighted by atomic mass is 10.1. The van der Waals surface area contributed by atoms with Gasteiger partial charge in [0.05, 0.1) is 5.56 Å². The van der Waals surface area contributed by atoms with Gasteiger partial charge in [-0.3, -0.25) is 10.1 Å². The number of carbonyl (C=O) groups excluding carboxylic acids is 2. The fourth-order valence-corrected chi connectivity index (χ4v) is 2.10. The van der Waals surface area contributed by atoms with E-state index in [0.29, 0.717) is 12.2 Å². The Morgan fingerprint density at radius 3 is 2.36 bits per heavy atom. The summed E-state index contributed by atoms with van der Waals surface area (Å²) < 4.78 is 5.14. The predicted molar refractivity (Wildman–Crippen MR) is 95.6 cm³/mol. The molecule has 0 saturated carbocycles. The van der Waals surface area contributed by atoms with Crippen molar-refractivity contribution in [2.45, 2.75) is 32.9 Å². The molecule has 0 radical (unpaired) electrons. The highest BCUT2D eigenvalue weighted by Crippen LogP contribution is 2.22. The summed E-state index contributed by atoms with van der Waals surface area (Å²) in [4.78, 5) is 23.9. The van der Waals surface area contributed by atoms with Crippen LogP contribution < -0.4 is 10.6 Å². The van der Waals surface area contributed by atoms with Crippen molar-refractivity contribution in [2.75, 3.05) is 5.32 Å². The first-order valence-electron chi connectivity index (χ1n) is 7.90. The van der Waals surface area contributed by atoms with Crippen LogP contribution in [0.3, 0.4) is 0 Å². The van der Waals surface area contributed by atoms with Gasteiger partial charge < -0.3 is 15.2 Å². The number of carbonyl (C=O) groups is 2. The van der Waals surface area contributed by atoms with Gasteiger partial charge in [-0.15, -0.1) is 0 Å². The first kappa shape index (κ1) is 18.3. The fourth-order valence-electron chi connectivity index (χ4n) is 2.10. The van der Waals surface area contributed by atoms with Gasteiger partial charge in [0.2, 0.25) is 0 Å². The molecule has 0 aliphatic heterocycles. The van der Waals surface area contributed by atoms with Crippen LogP contribution in [0.5, 0.6) is 5.75 Å². The number of hydrogen-bond acceptors (Lipinski definition) is 4. The van der Waals surface area contributed by atoms with Gasteiger partial charge in [0.25, 0.3) is 5.91 Å². The van der Waals surface area contributed by atoms with Crippen LogP contribution in [-0.4, -0.2) is 22.7 Å². The number of amides is 2. The zero-order valence-corrected chi connectivity index (χ0v) is 14.5. The number of benzene rings is 2. The van der Waals surface area contributed by atoms with Crippen LogP contribution >= 0.6 is 0 Å². The molecule has 0 aliphatic rings. The third kappa shape index (κ3) is 5.84. The van der Waals surface area contributed by atoms with Gasteiger partial charge in [0.1, 0.15) is 11.4 Å². The number of phenols is 1. The topological polar surface area (TPSA) is 87.7 Å². The van der Waals surface area contributed by atoms with Gasteiger partial charge in [-0.25, -0.2) is 4.79 Å². The summed E-state index contributed by atoms with van der Waals surface area (Å²) in [6.45, 7) is 5.62. The molecule has 2 aromatic carbocycles. The summed E-state index contributed by atoms with van der Waals surface area (Å²) in [6, 6.07) is 13.7. The smallest absolute Gasteiger partial charge is 0.412 e. The van der Waals surface area contributed by atoms with Crippen LogP contribution in [0.15, 0.2) is 48.5 Å². The average molecular weight is 342 g/mol. The van der Waals surface area contributed by atoms with E-state index in [4.69, 9.17) is 4.74 Å². The molecule has 0 unspecified atom stereocenters. The molecule has 25 heavy (non-hydrogen) atoms.